The Labute approximate surface area is 149 Å². The molecule has 0 aliphatic heterocycles. The molecule has 24 heavy (non-hydrogen) atoms. The first kappa shape index (κ1) is 20.0. The molecule has 1 aromatic carbocycles. The Morgan fingerprint density at radius 3 is 2.62 bits per heavy atom. The number of ether oxygens (including phenoxy) is 1. The quantitative estimate of drug-likeness (QED) is 0.803. The van der Waals surface area contributed by atoms with Gasteiger partial charge in [0.1, 0.15) is 5.69 Å². The zero-order chi connectivity index (χ0) is 16.8. The van der Waals surface area contributed by atoms with Crippen molar-refractivity contribution < 1.29 is 9.53 Å². The highest BCUT2D eigenvalue weighted by atomic mass is 35.5. The molecule has 0 radical (unpaired) electrons. The Morgan fingerprint density at radius 1 is 1.29 bits per heavy atom. The first-order valence-corrected chi connectivity index (χ1v) is 7.74. The number of anilines is 1. The molecule has 0 bridgehead atoms. The third-order valence-electron chi connectivity index (χ3n) is 3.65. The number of halogens is 1. The van der Waals surface area contributed by atoms with Crippen LogP contribution in [-0.2, 0) is 18.4 Å². The summed E-state index contributed by atoms with van der Waals surface area (Å²) in [6.45, 7) is 7.39. The van der Waals surface area contributed by atoms with Gasteiger partial charge < -0.3 is 15.4 Å². The van der Waals surface area contributed by atoms with Gasteiger partial charge in [0.2, 0.25) is 0 Å². The van der Waals surface area contributed by atoms with Crippen LogP contribution in [0.3, 0.4) is 0 Å². The fourth-order valence-electron chi connectivity index (χ4n) is 2.34. The second-order valence-electron chi connectivity index (χ2n) is 5.40. The molecule has 0 saturated carbocycles. The van der Waals surface area contributed by atoms with Crippen LogP contribution in [0.5, 0.6) is 5.75 Å². The Morgan fingerprint density at radius 2 is 2.00 bits per heavy atom. The van der Waals surface area contributed by atoms with E-state index in [1.165, 1.54) is 0 Å². The Balaban J connectivity index is 0.00000288. The van der Waals surface area contributed by atoms with Crippen LogP contribution in [0.4, 0.5) is 5.69 Å². The third-order valence-corrected chi connectivity index (χ3v) is 3.65. The highest BCUT2D eigenvalue weighted by Crippen LogP contribution is 2.21. The summed E-state index contributed by atoms with van der Waals surface area (Å²) in [5.41, 5.74) is 3.55. The summed E-state index contributed by atoms with van der Waals surface area (Å²) in [5.74, 6) is 0.486. The van der Waals surface area contributed by atoms with Crippen molar-refractivity contribution in [1.82, 2.24) is 15.1 Å². The maximum Gasteiger partial charge on any atom is 0.262 e. The lowest BCUT2D eigenvalue weighted by atomic mass is 10.1. The SMILES string of the molecule is CCNCc1ccccc1NC(=O)COc1c(C)nn(C)c1C.Cl. The molecule has 0 spiro atoms. The molecular weight excluding hydrogens is 328 g/mol. The van der Waals surface area contributed by atoms with Crippen LogP contribution in [0, 0.1) is 13.8 Å². The average molecular weight is 353 g/mol. The van der Waals surface area contributed by atoms with Crippen molar-refractivity contribution in [3.05, 3.63) is 41.2 Å². The number of aromatic nitrogens is 2. The van der Waals surface area contributed by atoms with Gasteiger partial charge in [-0.3, -0.25) is 9.48 Å². The molecule has 1 aromatic heterocycles. The number of benzene rings is 1. The lowest BCUT2D eigenvalue weighted by Crippen LogP contribution is -2.22. The molecule has 0 atom stereocenters. The number of rotatable bonds is 7. The molecule has 2 rings (SSSR count). The molecule has 1 amide bonds. The van der Waals surface area contributed by atoms with Crippen molar-refractivity contribution in [2.45, 2.75) is 27.3 Å². The van der Waals surface area contributed by atoms with Gasteiger partial charge in [-0.1, -0.05) is 25.1 Å². The highest BCUT2D eigenvalue weighted by molar-refractivity contribution is 5.92. The van der Waals surface area contributed by atoms with Crippen LogP contribution >= 0.6 is 12.4 Å². The predicted octanol–water partition coefficient (Wildman–Crippen LogP) is 2.59. The number of hydrogen-bond acceptors (Lipinski definition) is 4. The second-order valence-corrected chi connectivity index (χ2v) is 5.40. The molecule has 0 aliphatic rings. The number of nitrogens with one attached hydrogen (secondary N) is 2. The van der Waals surface area contributed by atoms with Crippen LogP contribution in [-0.4, -0.2) is 28.8 Å². The van der Waals surface area contributed by atoms with E-state index in [1.54, 1.807) is 4.68 Å². The molecule has 0 saturated heterocycles. The Hall–Kier alpha value is -2.05. The van der Waals surface area contributed by atoms with Crippen LogP contribution in [0.1, 0.15) is 23.9 Å². The standard InChI is InChI=1S/C17H24N4O2.ClH/c1-5-18-10-14-8-6-7-9-15(14)19-16(22)11-23-17-12(2)20-21(4)13(17)3;/h6-9,18H,5,10-11H2,1-4H3,(H,19,22);1H. The molecule has 7 heteroatoms. The summed E-state index contributed by atoms with van der Waals surface area (Å²) in [4.78, 5) is 12.2. The number of nitrogens with zero attached hydrogens (tertiary/aromatic N) is 2. The van der Waals surface area contributed by atoms with Gasteiger partial charge in [-0.15, -0.1) is 12.4 Å². The van der Waals surface area contributed by atoms with Gasteiger partial charge in [0.15, 0.2) is 12.4 Å². The van der Waals surface area contributed by atoms with E-state index in [4.69, 9.17) is 4.74 Å². The fraction of sp³-hybridized carbons (Fsp3) is 0.412. The Bertz CT molecular complexity index is 685. The first-order valence-electron chi connectivity index (χ1n) is 7.74. The molecule has 0 aliphatic carbocycles. The van der Waals surface area contributed by atoms with Crippen molar-refractivity contribution in [3.63, 3.8) is 0 Å². The van der Waals surface area contributed by atoms with Crippen molar-refractivity contribution in [1.29, 1.82) is 0 Å². The van der Waals surface area contributed by atoms with Gasteiger partial charge in [-0.2, -0.15) is 5.10 Å². The molecule has 132 valence electrons. The third kappa shape index (κ3) is 4.97. The molecule has 6 nitrogen and oxygen atoms in total. The predicted molar refractivity (Wildman–Crippen MR) is 97.9 cm³/mol. The Kier molecular flexibility index (Phi) is 7.74. The highest BCUT2D eigenvalue weighted by Gasteiger charge is 2.13. The monoisotopic (exact) mass is 352 g/mol. The van der Waals surface area contributed by atoms with Gasteiger partial charge in [-0.05, 0) is 32.0 Å². The van der Waals surface area contributed by atoms with E-state index in [1.807, 2.05) is 52.1 Å². The molecule has 0 fully saturated rings. The number of carbonyl (C=O) groups excluding carboxylic acids is 1. The first-order chi connectivity index (χ1) is 11.0. The lowest BCUT2D eigenvalue weighted by molar-refractivity contribution is -0.118. The van der Waals surface area contributed by atoms with Crippen LogP contribution in [0.25, 0.3) is 0 Å². The number of para-hydroxylation sites is 1. The minimum absolute atomic E-state index is 0. The van der Waals surface area contributed by atoms with Gasteiger partial charge in [0.05, 0.1) is 5.69 Å². The number of carbonyl (C=O) groups is 1. The van der Waals surface area contributed by atoms with E-state index < -0.39 is 0 Å². The normalized spacial score (nSPS) is 10.2. The van der Waals surface area contributed by atoms with Crippen molar-refractivity contribution in [2.24, 2.45) is 7.05 Å². The van der Waals surface area contributed by atoms with Gasteiger partial charge in [0, 0.05) is 19.3 Å². The van der Waals surface area contributed by atoms with Gasteiger partial charge in [0.25, 0.3) is 5.91 Å². The van der Waals surface area contributed by atoms with Crippen molar-refractivity contribution in [2.75, 3.05) is 18.5 Å². The summed E-state index contributed by atoms with van der Waals surface area (Å²) < 4.78 is 7.38. The van der Waals surface area contributed by atoms with E-state index >= 15 is 0 Å². The van der Waals surface area contributed by atoms with Gasteiger partial charge in [-0.25, -0.2) is 0 Å². The topological polar surface area (TPSA) is 68.2 Å². The van der Waals surface area contributed by atoms with E-state index in [2.05, 4.69) is 15.7 Å². The largest absolute Gasteiger partial charge is 0.480 e. The maximum absolute atomic E-state index is 12.2. The van der Waals surface area contributed by atoms with Crippen LogP contribution in [0.15, 0.2) is 24.3 Å². The summed E-state index contributed by atoms with van der Waals surface area (Å²) in [6, 6.07) is 7.75. The molecular formula is C17H25ClN4O2. The smallest absolute Gasteiger partial charge is 0.262 e. The maximum atomic E-state index is 12.2. The number of hydrogen-bond donors (Lipinski definition) is 2. The minimum atomic E-state index is -0.184. The molecule has 2 aromatic rings. The van der Waals surface area contributed by atoms with Crippen LogP contribution < -0.4 is 15.4 Å². The van der Waals surface area contributed by atoms with E-state index in [0.717, 1.165) is 29.2 Å². The summed E-state index contributed by atoms with van der Waals surface area (Å²) in [6.07, 6.45) is 0. The zero-order valence-corrected chi connectivity index (χ0v) is 15.4. The summed E-state index contributed by atoms with van der Waals surface area (Å²) in [5, 5.41) is 10.4. The fourth-order valence-corrected chi connectivity index (χ4v) is 2.34. The molecule has 1 heterocycles. The zero-order valence-electron chi connectivity index (χ0n) is 14.5. The summed E-state index contributed by atoms with van der Waals surface area (Å²) >= 11 is 0. The van der Waals surface area contributed by atoms with E-state index in [9.17, 15) is 4.79 Å². The van der Waals surface area contributed by atoms with Crippen LogP contribution in [0.2, 0.25) is 0 Å². The molecule has 0 unspecified atom stereocenters. The number of aryl methyl sites for hydroxylation is 2. The lowest BCUT2D eigenvalue weighted by Gasteiger charge is -2.12. The number of amides is 1. The summed E-state index contributed by atoms with van der Waals surface area (Å²) in [7, 11) is 1.85. The van der Waals surface area contributed by atoms with Crippen molar-refractivity contribution >= 4 is 24.0 Å². The van der Waals surface area contributed by atoms with Crippen molar-refractivity contribution in [3.8, 4) is 5.75 Å². The van der Waals surface area contributed by atoms with E-state index in [-0.39, 0.29) is 24.9 Å². The second kappa shape index (κ2) is 9.30. The average Bonchev–Trinajstić information content (AvgIpc) is 2.77. The van der Waals surface area contributed by atoms with E-state index in [0.29, 0.717) is 12.3 Å². The molecule has 2 N–H and O–H groups in total. The minimum Gasteiger partial charge on any atom is -0.480 e. The van der Waals surface area contributed by atoms with Gasteiger partial charge >= 0.3 is 0 Å².